The Morgan fingerprint density at radius 1 is 0.923 bits per heavy atom. The summed E-state index contributed by atoms with van der Waals surface area (Å²) >= 11 is 0. The van der Waals surface area contributed by atoms with Crippen molar-refractivity contribution >= 4 is 59.0 Å². The van der Waals surface area contributed by atoms with Gasteiger partial charge in [-0.15, -0.1) is 0 Å². The lowest BCUT2D eigenvalue weighted by Crippen LogP contribution is -2.38. The first-order valence-corrected chi connectivity index (χ1v) is 15.3. The third-order valence-corrected chi connectivity index (χ3v) is 7.19. The minimum Gasteiger partial charge on any atom is -0.504 e. The molecule has 0 saturated heterocycles. The van der Waals surface area contributed by atoms with E-state index in [1.54, 1.807) is 20.8 Å². The number of carboxylic acid groups (broad SMARTS) is 1. The van der Waals surface area contributed by atoms with Gasteiger partial charge in [-0.1, -0.05) is 6.07 Å². The van der Waals surface area contributed by atoms with E-state index in [9.17, 15) is 34.5 Å². The Labute approximate surface area is 297 Å². The second kappa shape index (κ2) is 17.4. The van der Waals surface area contributed by atoms with E-state index in [-0.39, 0.29) is 52.7 Å². The largest absolute Gasteiger partial charge is 0.504 e. The molecule has 0 aliphatic heterocycles. The number of esters is 1. The van der Waals surface area contributed by atoms with Crippen LogP contribution in [0.1, 0.15) is 59.0 Å². The third kappa shape index (κ3) is 10.0. The standard InChI is InChI=1S/C35H39FN6O10/c1-35(2,3)34(49)52-17-39-16-21(42-38)15-25(37)32(46)40-20-9-6-18(7-10-20)24(36)14-19-8-11-22(27(43)29(19)50-4)31(45)41-26-13-12-23(33(47)48)28(44)30(26)51-5/h6-14,16,25,43-44H,15,17,37-38H2,1-5H3,(H,40,46)(H,41,45)(H,47,48)/b24-14-,39-16?,42-21?/t25-/m0/s1. The predicted octanol–water partition coefficient (Wildman–Crippen LogP) is 4.12. The first-order chi connectivity index (χ1) is 24.5. The van der Waals surface area contributed by atoms with E-state index in [1.165, 1.54) is 55.8 Å². The molecule has 0 saturated carbocycles. The van der Waals surface area contributed by atoms with Gasteiger partial charge in [0.2, 0.25) is 5.91 Å². The summed E-state index contributed by atoms with van der Waals surface area (Å²) < 4.78 is 30.7. The van der Waals surface area contributed by atoms with Gasteiger partial charge >= 0.3 is 11.9 Å². The predicted molar refractivity (Wildman–Crippen MR) is 191 cm³/mol. The topological polar surface area (TPSA) is 257 Å². The Kier molecular flexibility index (Phi) is 13.4. The molecule has 276 valence electrons. The SMILES string of the molecule is COc1c(/C=C(\F)c2ccc(NC(=O)[C@@H](N)CC(C=NCOC(=O)C(C)(C)C)=NN)cc2)ccc(C(=O)Nc2ccc(C(=O)O)c(O)c2OC)c1O. The zero-order chi connectivity index (χ0) is 38.7. The number of phenolic OH excluding ortho intramolecular Hbond substituents is 1. The van der Waals surface area contributed by atoms with Gasteiger partial charge in [-0.2, -0.15) is 5.10 Å². The number of aliphatic imine (C=N–C) groups is 1. The van der Waals surface area contributed by atoms with Crippen molar-refractivity contribution in [2.75, 3.05) is 31.6 Å². The maximum Gasteiger partial charge on any atom is 0.339 e. The van der Waals surface area contributed by atoms with Crippen molar-refractivity contribution in [1.29, 1.82) is 0 Å². The van der Waals surface area contributed by atoms with Crippen LogP contribution in [0.15, 0.2) is 58.6 Å². The van der Waals surface area contributed by atoms with Crippen molar-refractivity contribution in [3.05, 3.63) is 70.8 Å². The Morgan fingerprint density at radius 2 is 1.54 bits per heavy atom. The summed E-state index contributed by atoms with van der Waals surface area (Å²) in [5.41, 5.74) is 5.15. The summed E-state index contributed by atoms with van der Waals surface area (Å²) in [7, 11) is 2.37. The number of nitrogens with zero attached hydrogens (tertiary/aromatic N) is 2. The van der Waals surface area contributed by atoms with Crippen molar-refractivity contribution in [1.82, 2.24) is 0 Å². The molecule has 16 nitrogen and oxygen atoms in total. The molecule has 2 amide bonds. The van der Waals surface area contributed by atoms with E-state index < -0.39 is 58.1 Å². The van der Waals surface area contributed by atoms with Crippen molar-refractivity contribution in [2.45, 2.75) is 33.2 Å². The Bertz CT molecular complexity index is 1920. The first-order valence-electron chi connectivity index (χ1n) is 15.3. The average molecular weight is 723 g/mol. The van der Waals surface area contributed by atoms with E-state index in [0.29, 0.717) is 5.69 Å². The summed E-state index contributed by atoms with van der Waals surface area (Å²) in [6, 6.07) is 9.36. The third-order valence-electron chi connectivity index (χ3n) is 7.19. The molecule has 0 fully saturated rings. The quantitative estimate of drug-likeness (QED) is 0.0408. The molecule has 3 aromatic carbocycles. The molecule has 1 atom stereocenters. The first kappa shape index (κ1) is 39.9. The van der Waals surface area contributed by atoms with E-state index in [1.807, 2.05) is 0 Å². The monoisotopic (exact) mass is 722 g/mol. The number of aromatic hydroxyl groups is 2. The fraction of sp³-hybridized carbons (Fsp3) is 0.257. The number of aromatic carboxylic acids is 1. The Morgan fingerprint density at radius 3 is 2.12 bits per heavy atom. The molecule has 0 aliphatic carbocycles. The number of nitrogens with two attached hydrogens (primary N) is 2. The van der Waals surface area contributed by atoms with E-state index in [2.05, 4.69) is 20.7 Å². The Balaban J connectivity index is 1.69. The second-order valence-electron chi connectivity index (χ2n) is 12.0. The van der Waals surface area contributed by atoms with Gasteiger partial charge in [0.05, 0.1) is 42.6 Å². The van der Waals surface area contributed by atoms with Gasteiger partial charge in [0.1, 0.15) is 11.4 Å². The number of methoxy groups -OCH3 is 2. The highest BCUT2D eigenvalue weighted by atomic mass is 19.1. The van der Waals surface area contributed by atoms with Gasteiger partial charge < -0.3 is 51.7 Å². The lowest BCUT2D eigenvalue weighted by atomic mass is 9.98. The zero-order valence-electron chi connectivity index (χ0n) is 28.9. The highest BCUT2D eigenvalue weighted by molar-refractivity contribution is 6.31. The molecule has 52 heavy (non-hydrogen) atoms. The fourth-order valence-electron chi connectivity index (χ4n) is 4.42. The van der Waals surface area contributed by atoms with Crippen LogP contribution < -0.4 is 31.7 Å². The molecule has 0 spiro atoms. The molecule has 0 bridgehead atoms. The van der Waals surface area contributed by atoms with Gasteiger partial charge in [0, 0.05) is 29.4 Å². The van der Waals surface area contributed by atoms with Gasteiger partial charge in [-0.25, -0.2) is 9.18 Å². The molecule has 0 unspecified atom stereocenters. The number of anilines is 2. The number of rotatable bonds is 14. The maximum atomic E-state index is 15.4. The van der Waals surface area contributed by atoms with Gasteiger partial charge in [0.25, 0.3) is 5.91 Å². The van der Waals surface area contributed by atoms with Crippen LogP contribution in [0, 0.1) is 5.41 Å². The fourth-order valence-corrected chi connectivity index (χ4v) is 4.42. The molecular formula is C35H39FN6O10. The summed E-state index contributed by atoms with van der Waals surface area (Å²) in [5, 5.41) is 38.9. The lowest BCUT2D eigenvalue weighted by molar-refractivity contribution is -0.152. The normalized spacial score (nSPS) is 12.6. The average Bonchev–Trinajstić information content (AvgIpc) is 3.09. The molecule has 0 radical (unpaired) electrons. The number of halogens is 1. The number of hydrogen-bond donors (Lipinski definition) is 7. The van der Waals surface area contributed by atoms with Crippen LogP contribution in [-0.4, -0.2) is 78.0 Å². The second-order valence-corrected chi connectivity index (χ2v) is 12.0. The van der Waals surface area contributed by atoms with Crippen LogP contribution in [-0.2, 0) is 14.3 Å². The van der Waals surface area contributed by atoms with E-state index >= 15 is 4.39 Å². The smallest absolute Gasteiger partial charge is 0.339 e. The van der Waals surface area contributed by atoms with Gasteiger partial charge in [-0.3, -0.25) is 19.4 Å². The van der Waals surface area contributed by atoms with Crippen molar-refractivity contribution < 1.29 is 53.1 Å². The van der Waals surface area contributed by atoms with Crippen molar-refractivity contribution in [3.8, 4) is 23.0 Å². The number of ether oxygens (including phenoxy) is 3. The number of hydrogen-bond acceptors (Lipinski definition) is 13. The summed E-state index contributed by atoms with van der Waals surface area (Å²) in [5.74, 6) is -0.571. The van der Waals surface area contributed by atoms with Gasteiger partial charge in [-0.05, 0) is 69.3 Å². The number of phenols is 2. The molecule has 0 aromatic heterocycles. The molecule has 17 heteroatoms. The number of amides is 2. The highest BCUT2D eigenvalue weighted by Crippen LogP contribution is 2.40. The lowest BCUT2D eigenvalue weighted by Gasteiger charge is -2.15. The van der Waals surface area contributed by atoms with Crippen molar-refractivity contribution in [3.63, 3.8) is 0 Å². The number of nitrogens with one attached hydrogen (secondary N) is 2. The molecule has 3 aromatic rings. The van der Waals surface area contributed by atoms with Crippen LogP contribution >= 0.6 is 0 Å². The highest BCUT2D eigenvalue weighted by Gasteiger charge is 2.24. The van der Waals surface area contributed by atoms with Crippen LogP contribution in [0.5, 0.6) is 23.0 Å². The van der Waals surface area contributed by atoms with Crippen LogP contribution in [0.25, 0.3) is 11.9 Å². The number of carboxylic acids is 1. The van der Waals surface area contributed by atoms with Crippen molar-refractivity contribution in [2.24, 2.45) is 27.1 Å². The Hall–Kier alpha value is -6.49. The van der Waals surface area contributed by atoms with Crippen LogP contribution in [0.3, 0.4) is 0 Å². The number of hydrazone groups is 1. The van der Waals surface area contributed by atoms with Crippen LogP contribution in [0.4, 0.5) is 15.8 Å². The van der Waals surface area contributed by atoms with E-state index in [4.69, 9.17) is 25.8 Å². The molecule has 0 aliphatic rings. The molecule has 0 heterocycles. The van der Waals surface area contributed by atoms with Crippen LogP contribution in [0.2, 0.25) is 0 Å². The molecule has 9 N–H and O–H groups in total. The molecular weight excluding hydrogens is 683 g/mol. The number of carbonyl (C=O) groups is 4. The summed E-state index contributed by atoms with van der Waals surface area (Å²) in [6.07, 6.45) is 2.23. The molecule has 3 rings (SSSR count). The number of carbonyl (C=O) groups excluding carboxylic acids is 3. The van der Waals surface area contributed by atoms with E-state index in [0.717, 1.165) is 19.3 Å². The summed E-state index contributed by atoms with van der Waals surface area (Å²) in [4.78, 5) is 52.8. The zero-order valence-corrected chi connectivity index (χ0v) is 28.9. The summed E-state index contributed by atoms with van der Waals surface area (Å²) in [6.45, 7) is 4.83. The maximum absolute atomic E-state index is 15.4. The number of benzene rings is 3. The van der Waals surface area contributed by atoms with Gasteiger partial charge in [0.15, 0.2) is 29.7 Å². The minimum absolute atomic E-state index is 0.0757. The minimum atomic E-state index is -1.42.